The Balaban J connectivity index is 1.63. The quantitative estimate of drug-likeness (QED) is 0.497. The summed E-state index contributed by atoms with van der Waals surface area (Å²) in [5.41, 5.74) is 1.85. The summed E-state index contributed by atoms with van der Waals surface area (Å²) in [6, 6.07) is 7.36. The molecule has 1 N–H and O–H groups in total. The van der Waals surface area contributed by atoms with Gasteiger partial charge in [-0.2, -0.15) is 9.78 Å². The first kappa shape index (κ1) is 18.9. The molecule has 27 heavy (non-hydrogen) atoms. The molecule has 2 heterocycles. The Hall–Kier alpha value is -2.91. The van der Waals surface area contributed by atoms with Crippen molar-refractivity contribution in [2.45, 2.75) is 20.0 Å². The first-order chi connectivity index (χ1) is 12.8. The summed E-state index contributed by atoms with van der Waals surface area (Å²) in [6.45, 7) is 1.87. The van der Waals surface area contributed by atoms with Crippen LogP contribution in [0.5, 0.6) is 0 Å². The van der Waals surface area contributed by atoms with Crippen LogP contribution in [0.1, 0.15) is 11.3 Å². The van der Waals surface area contributed by atoms with E-state index >= 15 is 0 Å². The topological polar surface area (TPSA) is 108 Å². The van der Waals surface area contributed by atoms with Crippen molar-refractivity contribution < 1.29 is 9.72 Å². The lowest BCUT2D eigenvalue weighted by molar-refractivity contribution is -0.389. The monoisotopic (exact) mass is 408 g/mol. The van der Waals surface area contributed by atoms with Gasteiger partial charge in [0.1, 0.15) is 6.54 Å². The summed E-state index contributed by atoms with van der Waals surface area (Å²) < 4.78 is 2.85. The molecule has 0 aliphatic heterocycles. The Labute approximate surface area is 163 Å². The van der Waals surface area contributed by atoms with Crippen LogP contribution in [-0.4, -0.2) is 30.4 Å². The largest absolute Gasteiger partial charge is 0.408 e. The number of nitrogens with zero attached hydrogens (tertiary/aromatic N) is 5. The molecular formula is C16H14Cl2N6O3. The summed E-state index contributed by atoms with van der Waals surface area (Å²) in [7, 11) is 0. The Morgan fingerprint density at radius 2 is 2.00 bits per heavy atom. The second-order valence-electron chi connectivity index (χ2n) is 5.74. The maximum Gasteiger partial charge on any atom is 0.408 e. The van der Waals surface area contributed by atoms with E-state index in [4.69, 9.17) is 23.2 Å². The van der Waals surface area contributed by atoms with E-state index in [0.29, 0.717) is 22.9 Å². The number of anilines is 1. The molecular weight excluding hydrogens is 395 g/mol. The maximum atomic E-state index is 12.2. The van der Waals surface area contributed by atoms with Gasteiger partial charge in [-0.05, 0) is 29.5 Å². The van der Waals surface area contributed by atoms with Crippen molar-refractivity contribution in [1.82, 2.24) is 19.6 Å². The van der Waals surface area contributed by atoms with Crippen LogP contribution < -0.4 is 5.32 Å². The first-order valence-electron chi connectivity index (χ1n) is 7.77. The highest BCUT2D eigenvalue weighted by molar-refractivity contribution is 6.33. The normalized spacial score (nSPS) is 10.8. The Morgan fingerprint density at radius 1 is 1.30 bits per heavy atom. The second-order valence-corrected chi connectivity index (χ2v) is 6.55. The van der Waals surface area contributed by atoms with E-state index in [2.05, 4.69) is 15.5 Å². The van der Waals surface area contributed by atoms with Crippen LogP contribution in [0.4, 0.5) is 11.5 Å². The number of halogens is 2. The second kappa shape index (κ2) is 7.77. The van der Waals surface area contributed by atoms with E-state index in [1.807, 2.05) is 12.1 Å². The maximum absolute atomic E-state index is 12.2. The van der Waals surface area contributed by atoms with Gasteiger partial charge in [-0.1, -0.05) is 35.3 Å². The number of carbonyl (C=O) groups excluding carboxylic acids is 1. The number of aromatic nitrogens is 4. The molecule has 0 spiro atoms. The predicted octanol–water partition coefficient (Wildman–Crippen LogP) is 3.29. The molecule has 3 rings (SSSR count). The van der Waals surface area contributed by atoms with Crippen molar-refractivity contribution in [3.05, 3.63) is 68.1 Å². The van der Waals surface area contributed by atoms with Gasteiger partial charge in [-0.3, -0.25) is 9.48 Å². The molecule has 0 saturated heterocycles. The SMILES string of the molecule is Cc1c(Cl)c([N+](=O)[O-])nn1CC(=O)Nc1cnn(Cc2ccc(Cl)cc2)c1. The highest BCUT2D eigenvalue weighted by Crippen LogP contribution is 2.26. The van der Waals surface area contributed by atoms with Crippen LogP contribution >= 0.6 is 23.2 Å². The minimum Gasteiger partial charge on any atom is -0.358 e. The van der Waals surface area contributed by atoms with Gasteiger partial charge < -0.3 is 15.4 Å². The van der Waals surface area contributed by atoms with E-state index in [0.717, 1.165) is 5.56 Å². The molecule has 1 aromatic carbocycles. The molecule has 2 aromatic heterocycles. The molecule has 140 valence electrons. The van der Waals surface area contributed by atoms with E-state index < -0.39 is 16.6 Å². The highest BCUT2D eigenvalue weighted by atomic mass is 35.5. The molecule has 0 unspecified atom stereocenters. The van der Waals surface area contributed by atoms with Crippen molar-refractivity contribution in [1.29, 1.82) is 0 Å². The lowest BCUT2D eigenvalue weighted by Crippen LogP contribution is -2.20. The Bertz CT molecular complexity index is 996. The fourth-order valence-electron chi connectivity index (χ4n) is 2.41. The number of benzene rings is 1. The van der Waals surface area contributed by atoms with Crippen molar-refractivity contribution in [3.63, 3.8) is 0 Å². The average Bonchev–Trinajstić information content (AvgIpc) is 3.16. The number of nitro groups is 1. The van der Waals surface area contributed by atoms with Crippen molar-refractivity contribution in [3.8, 4) is 0 Å². The minimum atomic E-state index is -0.690. The van der Waals surface area contributed by atoms with Crippen LogP contribution in [0.3, 0.4) is 0 Å². The number of carbonyl (C=O) groups is 1. The van der Waals surface area contributed by atoms with Crippen molar-refractivity contribution in [2.24, 2.45) is 0 Å². The number of nitrogens with one attached hydrogen (secondary N) is 1. The fourth-order valence-corrected chi connectivity index (χ4v) is 2.74. The zero-order valence-corrected chi connectivity index (χ0v) is 15.6. The fraction of sp³-hybridized carbons (Fsp3) is 0.188. The number of hydrogen-bond acceptors (Lipinski definition) is 5. The summed E-state index contributed by atoms with van der Waals surface area (Å²) in [6.07, 6.45) is 3.19. The molecule has 0 aliphatic rings. The van der Waals surface area contributed by atoms with Crippen LogP contribution in [0.2, 0.25) is 10.0 Å². The van der Waals surface area contributed by atoms with Gasteiger partial charge in [-0.15, -0.1) is 0 Å². The van der Waals surface area contributed by atoms with E-state index in [1.54, 1.807) is 29.9 Å². The first-order valence-corrected chi connectivity index (χ1v) is 8.53. The van der Waals surface area contributed by atoms with Crippen LogP contribution in [-0.2, 0) is 17.9 Å². The summed E-state index contributed by atoms with van der Waals surface area (Å²) in [5, 5.41) is 22.1. The number of rotatable bonds is 6. The van der Waals surface area contributed by atoms with Gasteiger partial charge in [0.25, 0.3) is 0 Å². The van der Waals surface area contributed by atoms with Crippen LogP contribution in [0.15, 0.2) is 36.7 Å². The molecule has 0 atom stereocenters. The van der Waals surface area contributed by atoms with Gasteiger partial charge in [0.2, 0.25) is 5.91 Å². The van der Waals surface area contributed by atoms with E-state index in [-0.39, 0.29) is 11.6 Å². The molecule has 3 aromatic rings. The third-order valence-corrected chi connectivity index (χ3v) is 4.45. The molecule has 0 fully saturated rings. The van der Waals surface area contributed by atoms with Gasteiger partial charge in [0.05, 0.1) is 29.2 Å². The number of hydrogen-bond donors (Lipinski definition) is 1. The zero-order chi connectivity index (χ0) is 19.6. The summed E-state index contributed by atoms with van der Waals surface area (Å²) >= 11 is 11.7. The number of amides is 1. The smallest absolute Gasteiger partial charge is 0.358 e. The van der Waals surface area contributed by atoms with Crippen LogP contribution in [0.25, 0.3) is 0 Å². The lowest BCUT2D eigenvalue weighted by atomic mass is 10.2. The van der Waals surface area contributed by atoms with Gasteiger partial charge >= 0.3 is 5.82 Å². The predicted molar refractivity (Wildman–Crippen MR) is 100 cm³/mol. The molecule has 1 amide bonds. The van der Waals surface area contributed by atoms with Crippen molar-refractivity contribution in [2.75, 3.05) is 5.32 Å². The van der Waals surface area contributed by atoms with Gasteiger partial charge in [0.15, 0.2) is 5.02 Å². The van der Waals surface area contributed by atoms with Crippen molar-refractivity contribution >= 4 is 40.6 Å². The molecule has 9 nitrogen and oxygen atoms in total. The molecule has 0 aliphatic carbocycles. The molecule has 0 radical (unpaired) electrons. The third kappa shape index (κ3) is 4.44. The van der Waals surface area contributed by atoms with Gasteiger partial charge in [-0.25, -0.2) is 0 Å². The van der Waals surface area contributed by atoms with Crippen LogP contribution in [0, 0.1) is 17.0 Å². The Kier molecular flexibility index (Phi) is 5.43. The summed E-state index contributed by atoms with van der Waals surface area (Å²) in [4.78, 5) is 22.4. The average molecular weight is 409 g/mol. The Morgan fingerprint density at radius 3 is 2.63 bits per heavy atom. The third-order valence-electron chi connectivity index (χ3n) is 3.76. The zero-order valence-electron chi connectivity index (χ0n) is 14.1. The molecule has 0 bridgehead atoms. The van der Waals surface area contributed by atoms with E-state index in [1.165, 1.54) is 10.9 Å². The minimum absolute atomic E-state index is 0.0800. The molecule has 0 saturated carbocycles. The molecule has 11 heteroatoms. The van der Waals surface area contributed by atoms with E-state index in [9.17, 15) is 14.9 Å². The summed E-state index contributed by atoms with van der Waals surface area (Å²) in [5.74, 6) is -0.879. The standard InChI is InChI=1S/C16H14Cl2N6O3/c1-10-15(18)16(24(26)27)21-23(10)9-14(25)20-13-6-19-22(8-13)7-11-2-4-12(17)5-3-11/h2-6,8H,7,9H2,1H3,(H,20,25). The van der Waals surface area contributed by atoms with Gasteiger partial charge in [0, 0.05) is 11.2 Å². The highest BCUT2D eigenvalue weighted by Gasteiger charge is 2.25. The lowest BCUT2D eigenvalue weighted by Gasteiger charge is -2.03.